The van der Waals surface area contributed by atoms with Gasteiger partial charge in [0.15, 0.2) is 0 Å². The number of aromatic nitrogens is 1. The normalized spacial score (nSPS) is 11.4. The van der Waals surface area contributed by atoms with Crippen LogP contribution in [0.1, 0.15) is 28.4 Å². The molecule has 0 aliphatic rings. The molecule has 138 valence electrons. The van der Waals surface area contributed by atoms with E-state index >= 15 is 0 Å². The van der Waals surface area contributed by atoms with E-state index in [-0.39, 0.29) is 5.56 Å². The molecule has 0 bridgehead atoms. The van der Waals surface area contributed by atoms with Gasteiger partial charge in [-0.25, -0.2) is 9.78 Å². The highest BCUT2D eigenvalue weighted by Crippen LogP contribution is 2.33. The second kappa shape index (κ2) is 7.23. The molecule has 0 aliphatic heterocycles. The van der Waals surface area contributed by atoms with Gasteiger partial charge in [-0.1, -0.05) is 37.3 Å². The number of aryl methyl sites for hydroxylation is 1. The van der Waals surface area contributed by atoms with Crippen molar-refractivity contribution in [2.24, 2.45) is 0 Å². The number of aromatic carboxylic acids is 1. The van der Waals surface area contributed by atoms with Crippen LogP contribution in [0.15, 0.2) is 60.7 Å². The topological polar surface area (TPSA) is 50.2 Å². The number of alkyl halides is 3. The molecule has 27 heavy (non-hydrogen) atoms. The van der Waals surface area contributed by atoms with Crippen LogP contribution < -0.4 is 0 Å². The average molecular weight is 371 g/mol. The summed E-state index contributed by atoms with van der Waals surface area (Å²) in [4.78, 5) is 15.5. The van der Waals surface area contributed by atoms with Crippen LogP contribution >= 0.6 is 0 Å². The Kier molecular flexibility index (Phi) is 4.99. The summed E-state index contributed by atoms with van der Waals surface area (Å²) in [6.45, 7) is 1.91. The van der Waals surface area contributed by atoms with Gasteiger partial charge in [-0.05, 0) is 42.3 Å². The summed E-state index contributed by atoms with van der Waals surface area (Å²) in [6.07, 6.45) is -3.80. The lowest BCUT2D eigenvalue weighted by Gasteiger charge is -2.13. The number of carboxylic acids is 1. The highest BCUT2D eigenvalue weighted by Gasteiger charge is 2.30. The SMILES string of the molecule is CCc1ccc(-c2ccc(C(=O)O)cc2)nc1-c1cccc(C(F)(F)F)c1. The van der Waals surface area contributed by atoms with Gasteiger partial charge in [0.05, 0.1) is 22.5 Å². The smallest absolute Gasteiger partial charge is 0.416 e. The lowest BCUT2D eigenvalue weighted by atomic mass is 10.00. The van der Waals surface area contributed by atoms with Crippen LogP contribution in [0.2, 0.25) is 0 Å². The van der Waals surface area contributed by atoms with E-state index in [1.54, 1.807) is 24.3 Å². The molecule has 3 rings (SSSR count). The van der Waals surface area contributed by atoms with Gasteiger partial charge >= 0.3 is 12.1 Å². The van der Waals surface area contributed by atoms with Crippen molar-refractivity contribution < 1.29 is 23.1 Å². The van der Waals surface area contributed by atoms with Crippen LogP contribution in [-0.2, 0) is 12.6 Å². The number of carbonyl (C=O) groups is 1. The number of benzene rings is 2. The fourth-order valence-electron chi connectivity index (χ4n) is 2.81. The molecule has 0 aliphatic carbocycles. The molecule has 0 amide bonds. The average Bonchev–Trinajstić information content (AvgIpc) is 2.67. The Morgan fingerprint density at radius 2 is 1.70 bits per heavy atom. The van der Waals surface area contributed by atoms with Crippen molar-refractivity contribution in [3.05, 3.63) is 77.4 Å². The quantitative estimate of drug-likeness (QED) is 0.640. The van der Waals surface area contributed by atoms with Gasteiger partial charge in [0, 0.05) is 11.1 Å². The second-order valence-electron chi connectivity index (χ2n) is 6.02. The molecule has 1 heterocycles. The van der Waals surface area contributed by atoms with Crippen molar-refractivity contribution in [1.29, 1.82) is 0 Å². The summed E-state index contributed by atoms with van der Waals surface area (Å²) in [6, 6.07) is 14.9. The van der Waals surface area contributed by atoms with E-state index in [4.69, 9.17) is 5.11 Å². The first-order valence-electron chi connectivity index (χ1n) is 8.31. The predicted molar refractivity (Wildman–Crippen MR) is 96.4 cm³/mol. The summed E-state index contributed by atoms with van der Waals surface area (Å²) in [5.41, 5.74) is 2.41. The highest BCUT2D eigenvalue weighted by atomic mass is 19.4. The van der Waals surface area contributed by atoms with Crippen molar-refractivity contribution in [2.75, 3.05) is 0 Å². The minimum Gasteiger partial charge on any atom is -0.478 e. The van der Waals surface area contributed by atoms with E-state index in [0.717, 1.165) is 17.7 Å². The Morgan fingerprint density at radius 1 is 1.00 bits per heavy atom. The van der Waals surface area contributed by atoms with Crippen LogP contribution in [0, 0.1) is 0 Å². The van der Waals surface area contributed by atoms with Gasteiger partial charge in [0.2, 0.25) is 0 Å². The first-order valence-corrected chi connectivity index (χ1v) is 8.31. The number of hydrogen-bond acceptors (Lipinski definition) is 2. The third kappa shape index (κ3) is 4.00. The number of carboxylic acid groups (broad SMARTS) is 1. The largest absolute Gasteiger partial charge is 0.478 e. The zero-order valence-electron chi connectivity index (χ0n) is 14.4. The number of rotatable bonds is 4. The van der Waals surface area contributed by atoms with E-state index in [9.17, 15) is 18.0 Å². The molecule has 6 heteroatoms. The minimum atomic E-state index is -4.42. The van der Waals surface area contributed by atoms with E-state index in [1.165, 1.54) is 18.2 Å². The first-order chi connectivity index (χ1) is 12.8. The van der Waals surface area contributed by atoms with Crippen molar-refractivity contribution >= 4 is 5.97 Å². The maximum atomic E-state index is 13.0. The van der Waals surface area contributed by atoms with Crippen LogP contribution in [0.25, 0.3) is 22.5 Å². The molecular weight excluding hydrogens is 355 g/mol. The number of hydrogen-bond donors (Lipinski definition) is 1. The first kappa shape index (κ1) is 18.6. The molecule has 0 atom stereocenters. The maximum Gasteiger partial charge on any atom is 0.416 e. The monoisotopic (exact) mass is 371 g/mol. The van der Waals surface area contributed by atoms with Crippen molar-refractivity contribution in [1.82, 2.24) is 4.98 Å². The second-order valence-corrected chi connectivity index (χ2v) is 6.02. The van der Waals surface area contributed by atoms with Crippen molar-refractivity contribution in [2.45, 2.75) is 19.5 Å². The van der Waals surface area contributed by atoms with Gasteiger partial charge < -0.3 is 5.11 Å². The van der Waals surface area contributed by atoms with E-state index in [2.05, 4.69) is 4.98 Å². The Hall–Kier alpha value is -3.15. The van der Waals surface area contributed by atoms with E-state index in [1.807, 2.05) is 13.0 Å². The van der Waals surface area contributed by atoms with E-state index < -0.39 is 17.7 Å². The molecule has 1 aromatic heterocycles. The van der Waals surface area contributed by atoms with Gasteiger partial charge in [-0.15, -0.1) is 0 Å². The van der Waals surface area contributed by atoms with Crippen LogP contribution in [0.4, 0.5) is 13.2 Å². The summed E-state index contributed by atoms with van der Waals surface area (Å²) >= 11 is 0. The number of pyridine rings is 1. The Morgan fingerprint density at radius 3 is 2.30 bits per heavy atom. The zero-order chi connectivity index (χ0) is 19.6. The van der Waals surface area contributed by atoms with Gasteiger partial charge in [-0.2, -0.15) is 13.2 Å². The third-order valence-corrected chi connectivity index (χ3v) is 4.25. The minimum absolute atomic E-state index is 0.155. The fraction of sp³-hybridized carbons (Fsp3) is 0.143. The van der Waals surface area contributed by atoms with Crippen LogP contribution in [-0.4, -0.2) is 16.1 Å². The molecule has 0 saturated carbocycles. The summed E-state index contributed by atoms with van der Waals surface area (Å²) in [7, 11) is 0. The molecule has 3 aromatic rings. The molecule has 0 radical (unpaired) electrons. The van der Waals surface area contributed by atoms with Crippen LogP contribution in [0.5, 0.6) is 0 Å². The molecular formula is C21H16F3NO2. The number of nitrogens with zero attached hydrogens (tertiary/aromatic N) is 1. The third-order valence-electron chi connectivity index (χ3n) is 4.25. The summed E-state index contributed by atoms with van der Waals surface area (Å²) in [5.74, 6) is -1.03. The highest BCUT2D eigenvalue weighted by molar-refractivity contribution is 5.88. The Bertz CT molecular complexity index is 979. The van der Waals surface area contributed by atoms with Gasteiger partial charge in [0.25, 0.3) is 0 Å². The molecule has 2 aromatic carbocycles. The lowest BCUT2D eigenvalue weighted by Crippen LogP contribution is -2.05. The molecule has 0 saturated heterocycles. The standard InChI is InChI=1S/C21H16F3NO2/c1-2-13-10-11-18(14-6-8-15(9-7-14)20(26)27)25-19(13)16-4-3-5-17(12-16)21(22,23)24/h3-12H,2H2,1H3,(H,26,27). The maximum absolute atomic E-state index is 13.0. The number of halogens is 3. The molecule has 1 N–H and O–H groups in total. The van der Waals surface area contributed by atoms with Crippen molar-refractivity contribution in [3.63, 3.8) is 0 Å². The Balaban J connectivity index is 2.08. The molecule has 3 nitrogen and oxygen atoms in total. The summed E-state index contributed by atoms with van der Waals surface area (Å²) < 4.78 is 39.1. The lowest BCUT2D eigenvalue weighted by molar-refractivity contribution is -0.137. The van der Waals surface area contributed by atoms with Gasteiger partial charge in [-0.3, -0.25) is 0 Å². The fourth-order valence-corrected chi connectivity index (χ4v) is 2.81. The van der Waals surface area contributed by atoms with Crippen LogP contribution in [0.3, 0.4) is 0 Å². The van der Waals surface area contributed by atoms with E-state index in [0.29, 0.717) is 28.9 Å². The zero-order valence-corrected chi connectivity index (χ0v) is 14.4. The predicted octanol–water partition coefficient (Wildman–Crippen LogP) is 5.70. The molecule has 0 fully saturated rings. The summed E-state index contributed by atoms with van der Waals surface area (Å²) in [5, 5.41) is 8.99. The molecule has 0 unspecified atom stereocenters. The molecule has 0 spiro atoms. The van der Waals surface area contributed by atoms with Crippen molar-refractivity contribution in [3.8, 4) is 22.5 Å². The van der Waals surface area contributed by atoms with Gasteiger partial charge in [0.1, 0.15) is 0 Å². The Labute approximate surface area is 154 Å².